The summed E-state index contributed by atoms with van der Waals surface area (Å²) in [5, 5.41) is 0.926. The van der Waals surface area contributed by atoms with Crippen molar-refractivity contribution in [2.75, 3.05) is 30.3 Å². The van der Waals surface area contributed by atoms with Crippen LogP contribution in [0, 0.1) is 5.82 Å². The number of sulfone groups is 1. The van der Waals surface area contributed by atoms with Crippen molar-refractivity contribution in [3.8, 4) is 5.75 Å². The summed E-state index contributed by atoms with van der Waals surface area (Å²) in [7, 11) is -3.51. The number of aromatic nitrogens is 2. The lowest BCUT2D eigenvalue weighted by Crippen LogP contribution is -2.47. The number of benzene rings is 1. The zero-order valence-corrected chi connectivity index (χ0v) is 20.7. The standard InChI is InChI=1S/C22H29FN4O4S2/c1-4-33(29,30)16-5-6-18(17(23)13-16)31-19-9-12-27(21(19)28)15-7-10-26(11-8-15)22-24-20(14(2)3)25-32-22/h5-6,13-15,19H,4,7-12H2,1-3H3. The lowest BCUT2D eigenvalue weighted by atomic mass is 10.0. The highest BCUT2D eigenvalue weighted by atomic mass is 32.2. The summed E-state index contributed by atoms with van der Waals surface area (Å²) in [6.45, 7) is 7.81. The summed E-state index contributed by atoms with van der Waals surface area (Å²) in [5.74, 6) is 0.0259. The van der Waals surface area contributed by atoms with Crippen molar-refractivity contribution >= 4 is 32.4 Å². The van der Waals surface area contributed by atoms with Gasteiger partial charge in [-0.25, -0.2) is 17.8 Å². The first-order valence-corrected chi connectivity index (χ1v) is 13.7. The number of rotatable bonds is 7. The predicted octanol–water partition coefficient (Wildman–Crippen LogP) is 3.24. The number of hydrogen-bond donors (Lipinski definition) is 0. The molecule has 1 unspecified atom stereocenters. The lowest BCUT2D eigenvalue weighted by Gasteiger charge is -2.36. The van der Waals surface area contributed by atoms with Crippen molar-refractivity contribution in [2.24, 2.45) is 0 Å². The van der Waals surface area contributed by atoms with Crippen molar-refractivity contribution < 1.29 is 22.3 Å². The molecule has 2 aromatic rings. The minimum absolute atomic E-state index is 0.0862. The lowest BCUT2D eigenvalue weighted by molar-refractivity contribution is -0.135. The van der Waals surface area contributed by atoms with Crippen LogP contribution in [0.15, 0.2) is 23.1 Å². The van der Waals surface area contributed by atoms with Gasteiger partial charge in [0.2, 0.25) is 5.13 Å². The van der Waals surface area contributed by atoms with Gasteiger partial charge in [0, 0.05) is 49.5 Å². The Morgan fingerprint density at radius 2 is 1.94 bits per heavy atom. The highest BCUT2D eigenvalue weighted by Gasteiger charge is 2.39. The van der Waals surface area contributed by atoms with Crippen LogP contribution in [0.3, 0.4) is 0 Å². The fourth-order valence-corrected chi connectivity index (χ4v) is 5.95. The highest BCUT2D eigenvalue weighted by molar-refractivity contribution is 7.91. The summed E-state index contributed by atoms with van der Waals surface area (Å²) < 4.78 is 48.5. The van der Waals surface area contributed by atoms with Gasteiger partial charge >= 0.3 is 0 Å². The zero-order valence-electron chi connectivity index (χ0n) is 19.0. The normalized spacial score (nSPS) is 20.2. The molecule has 11 heteroatoms. The third-order valence-electron chi connectivity index (χ3n) is 6.23. The molecule has 0 saturated carbocycles. The Labute approximate surface area is 197 Å². The van der Waals surface area contributed by atoms with Crippen molar-refractivity contribution in [1.29, 1.82) is 0 Å². The van der Waals surface area contributed by atoms with E-state index in [9.17, 15) is 17.6 Å². The quantitative estimate of drug-likeness (QED) is 0.581. The van der Waals surface area contributed by atoms with E-state index in [0.717, 1.165) is 43.0 Å². The fraction of sp³-hybridized carbons (Fsp3) is 0.591. The molecule has 1 aromatic heterocycles. The highest BCUT2D eigenvalue weighted by Crippen LogP contribution is 2.30. The van der Waals surface area contributed by atoms with Crippen LogP contribution in [0.25, 0.3) is 0 Å². The van der Waals surface area contributed by atoms with E-state index in [0.29, 0.717) is 18.9 Å². The van der Waals surface area contributed by atoms with Gasteiger partial charge in [0.05, 0.1) is 10.6 Å². The van der Waals surface area contributed by atoms with Gasteiger partial charge < -0.3 is 14.5 Å². The van der Waals surface area contributed by atoms with Gasteiger partial charge in [0.25, 0.3) is 5.91 Å². The van der Waals surface area contributed by atoms with Crippen LogP contribution in [-0.4, -0.2) is 66.1 Å². The second-order valence-electron chi connectivity index (χ2n) is 8.73. The molecule has 8 nitrogen and oxygen atoms in total. The number of carbonyl (C=O) groups excluding carboxylic acids is 1. The average molecular weight is 497 g/mol. The van der Waals surface area contributed by atoms with E-state index in [-0.39, 0.29) is 28.3 Å². The van der Waals surface area contributed by atoms with E-state index < -0.39 is 21.8 Å². The van der Waals surface area contributed by atoms with Crippen LogP contribution >= 0.6 is 11.5 Å². The molecule has 0 N–H and O–H groups in total. The van der Waals surface area contributed by atoms with Crippen LogP contribution in [0.4, 0.5) is 9.52 Å². The summed E-state index contributed by atoms with van der Waals surface area (Å²) >= 11 is 1.42. The van der Waals surface area contributed by atoms with Crippen molar-refractivity contribution in [1.82, 2.24) is 14.3 Å². The molecule has 0 spiro atoms. The molecule has 4 rings (SSSR count). The van der Waals surface area contributed by atoms with Gasteiger partial charge in [-0.1, -0.05) is 20.8 Å². The minimum atomic E-state index is -3.51. The Morgan fingerprint density at radius 3 is 2.55 bits per heavy atom. The molecule has 1 amide bonds. The number of amides is 1. The Balaban J connectivity index is 1.35. The Hall–Kier alpha value is -2.27. The third kappa shape index (κ3) is 4.98. The molecule has 2 aliphatic heterocycles. The molecule has 0 radical (unpaired) electrons. The van der Waals surface area contributed by atoms with E-state index in [4.69, 9.17) is 4.74 Å². The summed E-state index contributed by atoms with van der Waals surface area (Å²) in [6, 6.07) is 3.68. The first-order chi connectivity index (χ1) is 15.7. The molecule has 3 heterocycles. The Morgan fingerprint density at radius 1 is 1.21 bits per heavy atom. The largest absolute Gasteiger partial charge is 0.477 e. The number of hydrogen-bond acceptors (Lipinski definition) is 8. The molecule has 180 valence electrons. The zero-order chi connectivity index (χ0) is 23.8. The topological polar surface area (TPSA) is 92.7 Å². The number of piperidine rings is 1. The van der Waals surface area contributed by atoms with Crippen molar-refractivity contribution in [2.45, 2.75) is 63.0 Å². The Kier molecular flexibility index (Phi) is 6.90. The molecular weight excluding hydrogens is 467 g/mol. The van der Waals surface area contributed by atoms with Gasteiger partial charge in [0.15, 0.2) is 27.5 Å². The van der Waals surface area contributed by atoms with Crippen LogP contribution in [0.1, 0.15) is 51.8 Å². The first kappa shape index (κ1) is 23.9. The second kappa shape index (κ2) is 9.54. The molecular formula is C22H29FN4O4S2. The van der Waals surface area contributed by atoms with Gasteiger partial charge in [-0.3, -0.25) is 4.79 Å². The monoisotopic (exact) mass is 496 g/mol. The number of nitrogens with zero attached hydrogens (tertiary/aromatic N) is 4. The second-order valence-corrected chi connectivity index (χ2v) is 11.7. The van der Waals surface area contributed by atoms with Crippen LogP contribution < -0.4 is 9.64 Å². The molecule has 1 atom stereocenters. The smallest absolute Gasteiger partial charge is 0.263 e. The maximum absolute atomic E-state index is 14.5. The van der Waals surface area contributed by atoms with E-state index in [1.807, 2.05) is 4.90 Å². The van der Waals surface area contributed by atoms with Gasteiger partial charge in [0.1, 0.15) is 5.82 Å². The molecule has 33 heavy (non-hydrogen) atoms. The van der Waals surface area contributed by atoms with Gasteiger partial charge in [-0.15, -0.1) is 0 Å². The molecule has 2 fully saturated rings. The first-order valence-electron chi connectivity index (χ1n) is 11.3. The predicted molar refractivity (Wildman–Crippen MR) is 124 cm³/mol. The molecule has 0 bridgehead atoms. The molecule has 1 aromatic carbocycles. The van der Waals surface area contributed by atoms with E-state index in [1.165, 1.54) is 30.6 Å². The molecule has 2 saturated heterocycles. The maximum atomic E-state index is 14.5. The maximum Gasteiger partial charge on any atom is 0.263 e. The number of carbonyl (C=O) groups is 1. The van der Waals surface area contributed by atoms with Crippen molar-refractivity contribution in [3.63, 3.8) is 0 Å². The van der Waals surface area contributed by atoms with Crippen LogP contribution in [-0.2, 0) is 14.6 Å². The van der Waals surface area contributed by atoms with Gasteiger partial charge in [-0.05, 0) is 31.0 Å². The molecule has 2 aliphatic rings. The van der Waals surface area contributed by atoms with Crippen LogP contribution in [0.2, 0.25) is 0 Å². The summed E-state index contributed by atoms with van der Waals surface area (Å²) in [6.07, 6.45) is 1.37. The summed E-state index contributed by atoms with van der Waals surface area (Å²) in [5.41, 5.74) is 0. The van der Waals surface area contributed by atoms with E-state index in [1.54, 1.807) is 0 Å². The SMILES string of the molecule is CCS(=O)(=O)c1ccc(OC2CCN(C3CCN(c4nc(C(C)C)ns4)CC3)C2=O)c(F)c1. The van der Waals surface area contributed by atoms with Crippen molar-refractivity contribution in [3.05, 3.63) is 29.8 Å². The summed E-state index contributed by atoms with van der Waals surface area (Å²) in [4.78, 5) is 21.6. The van der Waals surface area contributed by atoms with Crippen LogP contribution in [0.5, 0.6) is 5.75 Å². The number of halogens is 1. The number of anilines is 1. The molecule has 0 aliphatic carbocycles. The Bertz CT molecular complexity index is 1110. The fourth-order valence-electron chi connectivity index (χ4n) is 4.20. The third-order valence-corrected chi connectivity index (χ3v) is 8.75. The van der Waals surface area contributed by atoms with Gasteiger partial charge in [-0.2, -0.15) is 4.37 Å². The number of ether oxygens (including phenoxy) is 1. The number of likely N-dealkylation sites (tertiary alicyclic amines) is 1. The average Bonchev–Trinajstić information content (AvgIpc) is 3.43. The van der Waals surface area contributed by atoms with E-state index in [2.05, 4.69) is 28.1 Å². The minimum Gasteiger partial charge on any atom is -0.477 e. The van der Waals surface area contributed by atoms with E-state index >= 15 is 0 Å².